The fourth-order valence-electron chi connectivity index (χ4n) is 5.42. The number of carbonyl (C=O) groups excluding carboxylic acids is 2. The van der Waals surface area contributed by atoms with Crippen molar-refractivity contribution in [2.24, 2.45) is 0 Å². The van der Waals surface area contributed by atoms with E-state index in [0.29, 0.717) is 35.3 Å². The smallest absolute Gasteiger partial charge is 0.407 e. The quantitative estimate of drug-likeness (QED) is 0.171. The van der Waals surface area contributed by atoms with E-state index in [1.807, 2.05) is 61.5 Å². The van der Waals surface area contributed by atoms with Crippen LogP contribution in [0.2, 0.25) is 0 Å². The topological polar surface area (TPSA) is 104 Å². The lowest BCUT2D eigenvalue weighted by molar-refractivity contribution is -0.115. The summed E-state index contributed by atoms with van der Waals surface area (Å²) in [7, 11) is 4.68. The highest BCUT2D eigenvalue weighted by Gasteiger charge is 2.29. The first-order valence-electron chi connectivity index (χ1n) is 14.6. The highest BCUT2D eigenvalue weighted by atomic mass is 16.5. The van der Waals surface area contributed by atoms with E-state index < -0.39 is 12.0 Å². The lowest BCUT2D eigenvalue weighted by Gasteiger charge is -2.15. The van der Waals surface area contributed by atoms with Crippen LogP contribution in [0.5, 0.6) is 23.0 Å². The molecule has 1 aliphatic carbocycles. The third-order valence-electron chi connectivity index (χ3n) is 7.47. The molecule has 0 fully saturated rings. The molecule has 0 spiro atoms. The Hall–Kier alpha value is -5.44. The van der Waals surface area contributed by atoms with Crippen LogP contribution in [0, 0.1) is 0 Å². The summed E-state index contributed by atoms with van der Waals surface area (Å²) in [6.07, 6.45) is 3.12. The van der Waals surface area contributed by atoms with E-state index in [1.54, 1.807) is 33.5 Å². The Morgan fingerprint density at radius 2 is 1.38 bits per heavy atom. The highest BCUT2D eigenvalue weighted by molar-refractivity contribution is 5.95. The minimum atomic E-state index is -0.668. The van der Waals surface area contributed by atoms with E-state index in [1.165, 1.54) is 0 Å². The first-order chi connectivity index (χ1) is 21.9. The van der Waals surface area contributed by atoms with Gasteiger partial charge in [0, 0.05) is 5.92 Å². The Kier molecular flexibility index (Phi) is 9.89. The summed E-state index contributed by atoms with van der Waals surface area (Å²) in [5, 5.41) is 5.40. The maximum Gasteiger partial charge on any atom is 0.407 e. The van der Waals surface area contributed by atoms with E-state index in [2.05, 4.69) is 34.9 Å². The molecule has 9 nitrogen and oxygen atoms in total. The van der Waals surface area contributed by atoms with Gasteiger partial charge in [-0.2, -0.15) is 0 Å². The molecule has 2 amide bonds. The van der Waals surface area contributed by atoms with Crippen LogP contribution in [-0.2, 0) is 9.53 Å². The van der Waals surface area contributed by atoms with Crippen molar-refractivity contribution in [3.8, 4) is 34.1 Å². The molecule has 0 radical (unpaired) electrons. The Bertz CT molecular complexity index is 1650. The number of methoxy groups -OCH3 is 3. The third-order valence-corrected chi connectivity index (χ3v) is 7.47. The van der Waals surface area contributed by atoms with Crippen molar-refractivity contribution in [3.05, 3.63) is 101 Å². The van der Waals surface area contributed by atoms with Crippen LogP contribution >= 0.6 is 0 Å². The fraction of sp³-hybridized carbons (Fsp3) is 0.222. The van der Waals surface area contributed by atoms with Crippen molar-refractivity contribution in [1.29, 1.82) is 0 Å². The highest BCUT2D eigenvalue weighted by Crippen LogP contribution is 2.44. The van der Waals surface area contributed by atoms with Gasteiger partial charge < -0.3 is 34.3 Å². The number of hydrogen-bond donors (Lipinski definition) is 2. The van der Waals surface area contributed by atoms with Crippen molar-refractivity contribution in [2.75, 3.05) is 46.4 Å². The lowest BCUT2D eigenvalue weighted by atomic mass is 9.98. The van der Waals surface area contributed by atoms with Gasteiger partial charge in [-0.1, -0.05) is 66.7 Å². The van der Waals surface area contributed by atoms with Crippen LogP contribution in [0.4, 0.5) is 10.5 Å². The zero-order valence-electron chi connectivity index (χ0n) is 25.7. The van der Waals surface area contributed by atoms with Gasteiger partial charge in [-0.15, -0.1) is 0 Å². The minimum Gasteiger partial charge on any atom is -0.493 e. The number of rotatable bonds is 12. The van der Waals surface area contributed by atoms with Gasteiger partial charge in [-0.05, 0) is 64.6 Å². The van der Waals surface area contributed by atoms with Crippen molar-refractivity contribution in [3.63, 3.8) is 0 Å². The van der Waals surface area contributed by atoms with E-state index in [0.717, 1.165) is 33.4 Å². The lowest BCUT2D eigenvalue weighted by Crippen LogP contribution is -2.34. The fourth-order valence-corrected chi connectivity index (χ4v) is 5.42. The average Bonchev–Trinajstić information content (AvgIpc) is 3.39. The molecule has 2 N–H and O–H groups in total. The van der Waals surface area contributed by atoms with Crippen molar-refractivity contribution in [2.45, 2.75) is 12.8 Å². The molecule has 0 bridgehead atoms. The van der Waals surface area contributed by atoms with Gasteiger partial charge in [-0.25, -0.2) is 4.79 Å². The first-order valence-corrected chi connectivity index (χ1v) is 14.6. The van der Waals surface area contributed by atoms with Crippen molar-refractivity contribution >= 4 is 29.8 Å². The predicted octanol–water partition coefficient (Wildman–Crippen LogP) is 6.76. The summed E-state index contributed by atoms with van der Waals surface area (Å²) in [6, 6.07) is 25.4. The molecule has 5 rings (SSSR count). The minimum absolute atomic E-state index is 0.0680. The van der Waals surface area contributed by atoms with Crippen LogP contribution < -0.4 is 29.6 Å². The number of alkyl carbamates (subject to hydrolysis) is 1. The summed E-state index contributed by atoms with van der Waals surface area (Å²) in [4.78, 5) is 25.4. The molecule has 0 heterocycles. The van der Waals surface area contributed by atoms with Crippen LogP contribution in [-0.4, -0.2) is 53.1 Å². The van der Waals surface area contributed by atoms with E-state index >= 15 is 0 Å². The molecule has 4 aromatic carbocycles. The number of fused-ring (bicyclic) bond motifs is 3. The molecule has 232 valence electrons. The molecule has 0 saturated carbocycles. The summed E-state index contributed by atoms with van der Waals surface area (Å²) < 4.78 is 27.6. The second-order valence-electron chi connectivity index (χ2n) is 10.2. The summed E-state index contributed by atoms with van der Waals surface area (Å²) >= 11 is 0. The van der Waals surface area contributed by atoms with Crippen molar-refractivity contribution < 1.29 is 33.3 Å². The monoisotopic (exact) mass is 608 g/mol. The summed E-state index contributed by atoms with van der Waals surface area (Å²) in [6.45, 7) is 2.17. The van der Waals surface area contributed by atoms with Gasteiger partial charge >= 0.3 is 6.09 Å². The molecule has 9 heteroatoms. The molecule has 1 aliphatic rings. The number of carbonyl (C=O) groups is 2. The normalized spacial score (nSPS) is 11.8. The molecule has 45 heavy (non-hydrogen) atoms. The van der Waals surface area contributed by atoms with Crippen molar-refractivity contribution in [1.82, 2.24) is 5.32 Å². The van der Waals surface area contributed by atoms with Crippen LogP contribution in [0.25, 0.3) is 23.3 Å². The molecule has 0 aromatic heterocycles. The molecule has 0 saturated heterocycles. The maximum absolute atomic E-state index is 12.9. The summed E-state index contributed by atoms with van der Waals surface area (Å²) in [5.41, 5.74) is 6.64. The molecule has 0 unspecified atom stereocenters. The van der Waals surface area contributed by atoms with E-state index in [-0.39, 0.29) is 19.1 Å². The van der Waals surface area contributed by atoms with Crippen LogP contribution in [0.3, 0.4) is 0 Å². The molecule has 0 aliphatic heterocycles. The van der Waals surface area contributed by atoms with Gasteiger partial charge in [0.15, 0.2) is 11.5 Å². The summed E-state index contributed by atoms with van der Waals surface area (Å²) in [5.74, 6) is 1.61. The van der Waals surface area contributed by atoms with Gasteiger partial charge in [0.25, 0.3) is 0 Å². The zero-order chi connectivity index (χ0) is 31.8. The van der Waals surface area contributed by atoms with E-state index in [9.17, 15) is 9.59 Å². The second kappa shape index (κ2) is 14.4. The standard InChI is InChI=1S/C36H36N2O7/c1-5-44-31-17-16-23(14-15-24-19-32(41-2)35(43-4)33(20-24)42-3)18-30(31)38-34(39)21-37-36(40)45-22-29-27-12-8-6-10-25(27)26-11-7-9-13-28(26)29/h6-20,29H,5,21-22H2,1-4H3,(H,37,40)(H,38,39)/b15-14-. The predicted molar refractivity (Wildman–Crippen MR) is 174 cm³/mol. The Morgan fingerprint density at radius 3 is 1.98 bits per heavy atom. The number of benzene rings is 4. The Morgan fingerprint density at radius 1 is 0.756 bits per heavy atom. The zero-order valence-corrected chi connectivity index (χ0v) is 25.7. The van der Waals surface area contributed by atoms with Crippen LogP contribution in [0.15, 0.2) is 78.9 Å². The Labute approximate surface area is 262 Å². The maximum atomic E-state index is 12.9. The number of ether oxygens (including phenoxy) is 5. The number of nitrogens with one attached hydrogen (secondary N) is 2. The van der Waals surface area contributed by atoms with Gasteiger partial charge in [0.05, 0.1) is 33.6 Å². The largest absolute Gasteiger partial charge is 0.493 e. The number of amides is 2. The van der Waals surface area contributed by atoms with Crippen LogP contribution in [0.1, 0.15) is 35.1 Å². The first kappa shape index (κ1) is 31.0. The van der Waals surface area contributed by atoms with Gasteiger partial charge in [-0.3, -0.25) is 4.79 Å². The molecular formula is C36H36N2O7. The molecular weight excluding hydrogens is 572 g/mol. The number of anilines is 1. The third kappa shape index (κ3) is 7.04. The molecule has 4 aromatic rings. The van der Waals surface area contributed by atoms with Gasteiger partial charge in [0.1, 0.15) is 18.9 Å². The van der Waals surface area contributed by atoms with E-state index in [4.69, 9.17) is 23.7 Å². The van der Waals surface area contributed by atoms with Gasteiger partial charge in [0.2, 0.25) is 11.7 Å². The second-order valence-corrected chi connectivity index (χ2v) is 10.2. The average molecular weight is 609 g/mol. The SMILES string of the molecule is CCOc1ccc(/C=C\c2cc(OC)c(OC)c(OC)c2)cc1NC(=O)CNC(=O)OCC1c2ccccc2-c2ccccc21. The number of hydrogen-bond acceptors (Lipinski definition) is 7. The molecule has 0 atom stereocenters. The Balaban J connectivity index is 1.21.